The second-order valence-electron chi connectivity index (χ2n) is 4.02. The van der Waals surface area contributed by atoms with Gasteiger partial charge in [-0.05, 0) is 24.8 Å². The highest BCUT2D eigenvalue weighted by atomic mass is 32.1. The summed E-state index contributed by atoms with van der Waals surface area (Å²) < 4.78 is 5.48. The summed E-state index contributed by atoms with van der Waals surface area (Å²) in [4.78, 5) is 6.84. The fourth-order valence-electron chi connectivity index (χ4n) is 1.96. The van der Waals surface area contributed by atoms with Crippen LogP contribution in [0.2, 0.25) is 0 Å². The summed E-state index contributed by atoms with van der Waals surface area (Å²) in [6, 6.07) is 2.13. The number of ether oxygens (including phenoxy) is 1. The molecule has 0 aromatic carbocycles. The van der Waals surface area contributed by atoms with E-state index in [1.165, 1.54) is 17.0 Å². The van der Waals surface area contributed by atoms with Crippen LogP contribution in [-0.4, -0.2) is 31.6 Å². The number of nitrogens with zero attached hydrogens (tertiary/aromatic N) is 2. The lowest BCUT2D eigenvalue weighted by Crippen LogP contribution is -2.44. The van der Waals surface area contributed by atoms with Gasteiger partial charge in [0.15, 0.2) is 0 Å². The molecular weight excluding hydrogens is 208 g/mol. The van der Waals surface area contributed by atoms with Crippen molar-refractivity contribution in [2.24, 2.45) is 4.99 Å². The second-order valence-corrected chi connectivity index (χ2v) is 4.92. The largest absolute Gasteiger partial charge is 0.376 e. The van der Waals surface area contributed by atoms with Crippen molar-refractivity contribution in [3.8, 4) is 0 Å². The maximum atomic E-state index is 5.48. The molecule has 3 nitrogen and oxygen atoms in total. The zero-order valence-electron chi connectivity index (χ0n) is 8.72. The zero-order valence-corrected chi connectivity index (χ0v) is 9.54. The van der Waals surface area contributed by atoms with E-state index >= 15 is 0 Å². The van der Waals surface area contributed by atoms with Gasteiger partial charge >= 0.3 is 0 Å². The molecule has 4 heteroatoms. The molecule has 1 fully saturated rings. The molecule has 1 aromatic heterocycles. The molecule has 2 aliphatic heterocycles. The van der Waals surface area contributed by atoms with Crippen LogP contribution in [-0.2, 0) is 4.74 Å². The normalized spacial score (nSPS) is 28.7. The van der Waals surface area contributed by atoms with Crippen LogP contribution < -0.4 is 4.90 Å². The van der Waals surface area contributed by atoms with Gasteiger partial charge in [-0.25, -0.2) is 0 Å². The standard InChI is InChI=1S/C11H14N2OS/c1-8-12-6-9-3-5-15-11(9)13(8)7-10-2-4-14-10/h3,5-6,8,10H,2,4,7H2,1H3. The van der Waals surface area contributed by atoms with Crippen molar-refractivity contribution >= 4 is 22.6 Å². The Morgan fingerprint density at radius 2 is 2.53 bits per heavy atom. The van der Waals surface area contributed by atoms with E-state index in [4.69, 9.17) is 4.74 Å². The minimum atomic E-state index is 0.250. The maximum absolute atomic E-state index is 5.48. The first-order valence-electron chi connectivity index (χ1n) is 5.33. The molecule has 2 unspecified atom stereocenters. The van der Waals surface area contributed by atoms with Crippen molar-refractivity contribution in [2.75, 3.05) is 18.1 Å². The Balaban J connectivity index is 1.83. The van der Waals surface area contributed by atoms with Crippen LogP contribution in [0.5, 0.6) is 0 Å². The molecule has 0 saturated carbocycles. The first-order valence-corrected chi connectivity index (χ1v) is 6.21. The molecule has 0 bridgehead atoms. The quantitative estimate of drug-likeness (QED) is 0.765. The first-order chi connectivity index (χ1) is 7.34. The van der Waals surface area contributed by atoms with Gasteiger partial charge < -0.3 is 9.64 Å². The fourth-order valence-corrected chi connectivity index (χ4v) is 2.93. The minimum absolute atomic E-state index is 0.250. The first kappa shape index (κ1) is 9.36. The minimum Gasteiger partial charge on any atom is -0.376 e. The van der Waals surface area contributed by atoms with Crippen molar-refractivity contribution < 1.29 is 4.74 Å². The Labute approximate surface area is 93.4 Å². The SMILES string of the molecule is CC1N=Cc2ccsc2N1CC1CCO1. The molecule has 3 rings (SSSR count). The Hall–Kier alpha value is -0.870. The molecule has 0 aliphatic carbocycles. The predicted octanol–water partition coefficient (Wildman–Crippen LogP) is 2.12. The van der Waals surface area contributed by atoms with Crippen LogP contribution in [0.25, 0.3) is 0 Å². The second kappa shape index (κ2) is 3.61. The van der Waals surface area contributed by atoms with E-state index in [1.807, 2.05) is 6.21 Å². The van der Waals surface area contributed by atoms with Crippen LogP contribution in [0, 0.1) is 0 Å². The van der Waals surface area contributed by atoms with Crippen molar-refractivity contribution in [1.29, 1.82) is 0 Å². The number of thiophene rings is 1. The van der Waals surface area contributed by atoms with Gasteiger partial charge in [-0.15, -0.1) is 11.3 Å². The number of anilines is 1. The molecule has 0 radical (unpaired) electrons. The predicted molar refractivity (Wildman–Crippen MR) is 63.1 cm³/mol. The lowest BCUT2D eigenvalue weighted by atomic mass is 10.1. The summed E-state index contributed by atoms with van der Waals surface area (Å²) in [5.74, 6) is 0. The molecule has 80 valence electrons. The molecule has 1 saturated heterocycles. The third kappa shape index (κ3) is 1.58. The third-order valence-electron chi connectivity index (χ3n) is 3.01. The topological polar surface area (TPSA) is 24.8 Å². The highest BCUT2D eigenvalue weighted by molar-refractivity contribution is 7.14. The van der Waals surface area contributed by atoms with Crippen LogP contribution >= 0.6 is 11.3 Å². The summed E-state index contributed by atoms with van der Waals surface area (Å²) in [5.41, 5.74) is 1.25. The fraction of sp³-hybridized carbons (Fsp3) is 0.545. The van der Waals surface area contributed by atoms with Gasteiger partial charge in [0.05, 0.1) is 6.10 Å². The number of fused-ring (bicyclic) bond motifs is 1. The number of aliphatic imine (C=N–C) groups is 1. The highest BCUT2D eigenvalue weighted by Crippen LogP contribution is 2.32. The van der Waals surface area contributed by atoms with Crippen molar-refractivity contribution in [3.05, 3.63) is 17.0 Å². The van der Waals surface area contributed by atoms with Gasteiger partial charge in [-0.3, -0.25) is 4.99 Å². The molecule has 1 aromatic rings. The summed E-state index contributed by atoms with van der Waals surface area (Å²) in [6.07, 6.45) is 3.83. The average molecular weight is 222 g/mol. The van der Waals surface area contributed by atoms with E-state index in [2.05, 4.69) is 28.3 Å². The van der Waals surface area contributed by atoms with Gasteiger partial charge in [-0.2, -0.15) is 0 Å². The molecule has 3 heterocycles. The summed E-state index contributed by atoms with van der Waals surface area (Å²) in [6.45, 7) is 4.04. The summed E-state index contributed by atoms with van der Waals surface area (Å²) >= 11 is 1.79. The maximum Gasteiger partial charge on any atom is 0.118 e. The highest BCUT2D eigenvalue weighted by Gasteiger charge is 2.27. The van der Waals surface area contributed by atoms with Crippen LogP contribution in [0.4, 0.5) is 5.00 Å². The van der Waals surface area contributed by atoms with E-state index in [9.17, 15) is 0 Å². The van der Waals surface area contributed by atoms with Crippen molar-refractivity contribution in [2.45, 2.75) is 25.6 Å². The molecular formula is C11H14N2OS. The van der Waals surface area contributed by atoms with E-state index < -0.39 is 0 Å². The molecule has 0 amide bonds. The molecule has 15 heavy (non-hydrogen) atoms. The zero-order chi connectivity index (χ0) is 10.3. The van der Waals surface area contributed by atoms with E-state index in [0.29, 0.717) is 6.10 Å². The van der Waals surface area contributed by atoms with Crippen molar-refractivity contribution in [3.63, 3.8) is 0 Å². The van der Waals surface area contributed by atoms with Crippen LogP contribution in [0.15, 0.2) is 16.4 Å². The van der Waals surface area contributed by atoms with Crippen molar-refractivity contribution in [1.82, 2.24) is 0 Å². The third-order valence-corrected chi connectivity index (χ3v) is 3.97. The molecule has 0 spiro atoms. The summed E-state index contributed by atoms with van der Waals surface area (Å²) in [5, 5.41) is 3.47. The Kier molecular flexibility index (Phi) is 2.25. The summed E-state index contributed by atoms with van der Waals surface area (Å²) in [7, 11) is 0. The van der Waals surface area contributed by atoms with Crippen LogP contribution in [0.1, 0.15) is 18.9 Å². The lowest BCUT2D eigenvalue weighted by Gasteiger charge is -2.37. The van der Waals surface area contributed by atoms with Crippen LogP contribution in [0.3, 0.4) is 0 Å². The van der Waals surface area contributed by atoms with Gasteiger partial charge in [-0.1, -0.05) is 0 Å². The van der Waals surface area contributed by atoms with Gasteiger partial charge in [0.2, 0.25) is 0 Å². The van der Waals surface area contributed by atoms with Gasteiger partial charge in [0.1, 0.15) is 11.2 Å². The van der Waals surface area contributed by atoms with E-state index in [-0.39, 0.29) is 6.17 Å². The monoisotopic (exact) mass is 222 g/mol. The molecule has 2 aliphatic rings. The number of hydrogen-bond acceptors (Lipinski definition) is 4. The molecule has 2 atom stereocenters. The Morgan fingerprint density at radius 3 is 3.27 bits per heavy atom. The lowest BCUT2D eigenvalue weighted by molar-refractivity contribution is -0.0451. The number of hydrogen-bond donors (Lipinski definition) is 0. The average Bonchev–Trinajstić information content (AvgIpc) is 2.61. The van der Waals surface area contributed by atoms with Gasteiger partial charge in [0, 0.05) is 24.9 Å². The van der Waals surface area contributed by atoms with E-state index in [0.717, 1.165) is 13.2 Å². The van der Waals surface area contributed by atoms with Gasteiger partial charge in [0.25, 0.3) is 0 Å². The molecule has 0 N–H and O–H groups in total. The van der Waals surface area contributed by atoms with E-state index in [1.54, 1.807) is 11.3 Å². The Bertz CT molecular complexity index is 384. The Morgan fingerprint density at radius 1 is 1.67 bits per heavy atom. The smallest absolute Gasteiger partial charge is 0.118 e. The number of rotatable bonds is 2.